The van der Waals surface area contributed by atoms with Crippen LogP contribution in [0.15, 0.2) is 33.6 Å². The summed E-state index contributed by atoms with van der Waals surface area (Å²) in [6, 6.07) is 2.86. The van der Waals surface area contributed by atoms with E-state index in [4.69, 9.17) is 0 Å². The molecule has 0 bridgehead atoms. The van der Waals surface area contributed by atoms with E-state index in [0.29, 0.717) is 10.9 Å². The molecule has 1 N–H and O–H groups in total. The molecule has 7 heteroatoms. The highest BCUT2D eigenvalue weighted by Crippen LogP contribution is 2.35. The van der Waals surface area contributed by atoms with Gasteiger partial charge in [-0.05, 0) is 57.7 Å². The smallest absolute Gasteiger partial charge is 0.367 e. The minimum absolute atomic E-state index is 0.136. The van der Waals surface area contributed by atoms with Crippen molar-refractivity contribution >= 4 is 33.1 Å². The predicted octanol–water partition coefficient (Wildman–Crippen LogP) is 4.97. The van der Waals surface area contributed by atoms with Crippen molar-refractivity contribution in [3.05, 3.63) is 44.7 Å². The molecule has 0 aliphatic carbocycles. The molecular formula is C13H12BrF3N2S. The molecule has 0 spiro atoms. The van der Waals surface area contributed by atoms with Gasteiger partial charge in [0, 0.05) is 16.7 Å². The number of hydrogen-bond donors (Lipinski definition) is 1. The van der Waals surface area contributed by atoms with E-state index in [1.54, 1.807) is 11.3 Å². The predicted molar refractivity (Wildman–Crippen MR) is 78.0 cm³/mol. The molecule has 2 aromatic heterocycles. The van der Waals surface area contributed by atoms with Crippen molar-refractivity contribution in [3.8, 4) is 0 Å². The highest BCUT2D eigenvalue weighted by atomic mass is 79.9. The van der Waals surface area contributed by atoms with Crippen molar-refractivity contribution in [2.45, 2.75) is 25.6 Å². The summed E-state index contributed by atoms with van der Waals surface area (Å²) in [4.78, 5) is 3.84. The van der Waals surface area contributed by atoms with E-state index in [1.165, 1.54) is 6.20 Å². The van der Waals surface area contributed by atoms with Gasteiger partial charge < -0.3 is 5.32 Å². The third kappa shape index (κ3) is 3.96. The Balaban J connectivity index is 2.16. The van der Waals surface area contributed by atoms with Gasteiger partial charge in [0.2, 0.25) is 0 Å². The molecule has 0 fully saturated rings. The Morgan fingerprint density at radius 1 is 1.45 bits per heavy atom. The summed E-state index contributed by atoms with van der Waals surface area (Å²) in [5.41, 5.74) is 0.338. The summed E-state index contributed by atoms with van der Waals surface area (Å²) in [5, 5.41) is 6.76. The first kappa shape index (κ1) is 15.3. The van der Waals surface area contributed by atoms with Crippen LogP contribution in [0.2, 0.25) is 0 Å². The van der Waals surface area contributed by atoms with Crippen LogP contribution in [0.1, 0.15) is 18.1 Å². The number of thiophene rings is 1. The van der Waals surface area contributed by atoms with Gasteiger partial charge in [0.05, 0.1) is 5.56 Å². The molecular weight excluding hydrogens is 353 g/mol. The first-order valence-corrected chi connectivity index (χ1v) is 7.60. The number of aromatic nitrogens is 1. The fraction of sp³-hybridized carbons (Fsp3) is 0.308. The number of pyridine rings is 1. The summed E-state index contributed by atoms with van der Waals surface area (Å²) < 4.78 is 39.2. The lowest BCUT2D eigenvalue weighted by molar-refractivity contribution is -0.137. The average molecular weight is 365 g/mol. The van der Waals surface area contributed by atoms with Crippen LogP contribution in [0.4, 0.5) is 19.0 Å². The van der Waals surface area contributed by atoms with Gasteiger partial charge in [0.25, 0.3) is 0 Å². The van der Waals surface area contributed by atoms with E-state index in [2.05, 4.69) is 26.2 Å². The van der Waals surface area contributed by atoms with E-state index >= 15 is 0 Å². The summed E-state index contributed by atoms with van der Waals surface area (Å²) in [5.74, 6) is -0.136. The number of halogens is 4. The van der Waals surface area contributed by atoms with Crippen LogP contribution in [0, 0.1) is 0 Å². The standard InChI is InChI=1S/C13H12BrF3N2S/c1-8(4-9-2-3-20-7-9)19-12-11(13(15,16)17)5-10(14)6-18-12/h2-3,5-8H,4H2,1H3,(H,18,19). The minimum Gasteiger partial charge on any atom is -0.367 e. The third-order valence-electron chi connectivity index (χ3n) is 2.66. The lowest BCUT2D eigenvalue weighted by atomic mass is 10.1. The maximum absolute atomic E-state index is 13.0. The topological polar surface area (TPSA) is 24.9 Å². The number of anilines is 1. The van der Waals surface area contributed by atoms with Crippen LogP contribution < -0.4 is 5.32 Å². The van der Waals surface area contributed by atoms with E-state index in [9.17, 15) is 13.2 Å². The van der Waals surface area contributed by atoms with Gasteiger partial charge in [0.1, 0.15) is 5.82 Å². The molecule has 0 aliphatic rings. The van der Waals surface area contributed by atoms with Crippen LogP contribution in [0.25, 0.3) is 0 Å². The fourth-order valence-electron chi connectivity index (χ4n) is 1.82. The Morgan fingerprint density at radius 2 is 2.20 bits per heavy atom. The molecule has 2 aromatic rings. The zero-order valence-corrected chi connectivity index (χ0v) is 12.9. The first-order valence-electron chi connectivity index (χ1n) is 5.86. The zero-order valence-electron chi connectivity index (χ0n) is 10.5. The van der Waals surface area contributed by atoms with E-state index in [0.717, 1.165) is 11.6 Å². The monoisotopic (exact) mass is 364 g/mol. The summed E-state index contributed by atoms with van der Waals surface area (Å²) in [6.45, 7) is 1.83. The first-order chi connectivity index (χ1) is 9.36. The van der Waals surface area contributed by atoms with Crippen LogP contribution in [0.3, 0.4) is 0 Å². The second kappa shape index (κ2) is 6.13. The lowest BCUT2D eigenvalue weighted by Gasteiger charge is -2.18. The maximum Gasteiger partial charge on any atom is 0.419 e. The highest BCUT2D eigenvalue weighted by molar-refractivity contribution is 9.10. The number of nitrogens with zero attached hydrogens (tertiary/aromatic N) is 1. The summed E-state index contributed by atoms with van der Waals surface area (Å²) in [6.07, 6.45) is -2.42. The zero-order chi connectivity index (χ0) is 14.8. The molecule has 0 radical (unpaired) electrons. The molecule has 0 aromatic carbocycles. The van der Waals surface area contributed by atoms with Gasteiger partial charge in [-0.25, -0.2) is 4.98 Å². The fourth-order valence-corrected chi connectivity index (χ4v) is 2.83. The molecule has 0 amide bonds. The van der Waals surface area contributed by atoms with Gasteiger partial charge in [-0.15, -0.1) is 0 Å². The number of nitrogens with one attached hydrogen (secondary N) is 1. The van der Waals surface area contributed by atoms with Crippen LogP contribution in [-0.2, 0) is 12.6 Å². The minimum atomic E-state index is -4.43. The number of alkyl halides is 3. The third-order valence-corrected chi connectivity index (χ3v) is 3.83. The number of hydrogen-bond acceptors (Lipinski definition) is 3. The second-order valence-corrected chi connectivity index (χ2v) is 6.12. The van der Waals surface area contributed by atoms with Crippen molar-refractivity contribution in [1.82, 2.24) is 4.98 Å². The van der Waals surface area contributed by atoms with Crippen LogP contribution >= 0.6 is 27.3 Å². The molecule has 20 heavy (non-hydrogen) atoms. The van der Waals surface area contributed by atoms with Crippen molar-refractivity contribution < 1.29 is 13.2 Å². The molecule has 1 unspecified atom stereocenters. The Morgan fingerprint density at radius 3 is 2.80 bits per heavy atom. The number of rotatable bonds is 4. The van der Waals surface area contributed by atoms with E-state index in [-0.39, 0.29) is 11.9 Å². The Labute approximate surface area is 127 Å². The van der Waals surface area contributed by atoms with Gasteiger partial charge >= 0.3 is 6.18 Å². The largest absolute Gasteiger partial charge is 0.419 e. The average Bonchev–Trinajstić information content (AvgIpc) is 2.82. The van der Waals surface area contributed by atoms with E-state index in [1.807, 2.05) is 23.8 Å². The van der Waals surface area contributed by atoms with Gasteiger partial charge in [-0.2, -0.15) is 24.5 Å². The molecule has 2 nitrogen and oxygen atoms in total. The Kier molecular flexibility index (Phi) is 4.70. The van der Waals surface area contributed by atoms with Gasteiger partial charge in [-0.3, -0.25) is 0 Å². The van der Waals surface area contributed by atoms with Crippen LogP contribution in [0.5, 0.6) is 0 Å². The highest BCUT2D eigenvalue weighted by Gasteiger charge is 2.35. The van der Waals surface area contributed by atoms with Crippen molar-refractivity contribution in [2.75, 3.05) is 5.32 Å². The quantitative estimate of drug-likeness (QED) is 0.828. The molecule has 108 valence electrons. The normalized spacial score (nSPS) is 13.2. The molecule has 2 heterocycles. The molecule has 0 aliphatic heterocycles. The Hall–Kier alpha value is -1.08. The van der Waals surface area contributed by atoms with E-state index < -0.39 is 11.7 Å². The molecule has 0 saturated carbocycles. The Bertz CT molecular complexity index is 569. The van der Waals surface area contributed by atoms with Gasteiger partial charge in [-0.1, -0.05) is 0 Å². The van der Waals surface area contributed by atoms with Crippen molar-refractivity contribution in [1.29, 1.82) is 0 Å². The molecule has 2 rings (SSSR count). The summed E-state index contributed by atoms with van der Waals surface area (Å²) in [7, 11) is 0. The van der Waals surface area contributed by atoms with Crippen molar-refractivity contribution in [3.63, 3.8) is 0 Å². The molecule has 1 atom stereocenters. The molecule has 0 saturated heterocycles. The summed E-state index contributed by atoms with van der Waals surface area (Å²) >= 11 is 4.58. The maximum atomic E-state index is 13.0. The lowest BCUT2D eigenvalue weighted by Crippen LogP contribution is -2.21. The van der Waals surface area contributed by atoms with Crippen molar-refractivity contribution in [2.24, 2.45) is 0 Å². The SMILES string of the molecule is CC(Cc1ccsc1)Nc1ncc(Br)cc1C(F)(F)F. The second-order valence-electron chi connectivity index (χ2n) is 4.43. The van der Waals surface area contributed by atoms with Gasteiger partial charge in [0.15, 0.2) is 0 Å². The van der Waals surface area contributed by atoms with Crippen LogP contribution in [-0.4, -0.2) is 11.0 Å².